The van der Waals surface area contributed by atoms with E-state index in [1.807, 2.05) is 0 Å². The summed E-state index contributed by atoms with van der Waals surface area (Å²) in [6.07, 6.45) is 1.14. The van der Waals surface area contributed by atoms with Crippen LogP contribution in [0.3, 0.4) is 0 Å². The lowest BCUT2D eigenvalue weighted by atomic mass is 10.3. The molecule has 0 saturated carbocycles. The maximum Gasteiger partial charge on any atom is 0.183 e. The molecule has 1 saturated heterocycles. The summed E-state index contributed by atoms with van der Waals surface area (Å²) in [5.41, 5.74) is 0. The van der Waals surface area contributed by atoms with Gasteiger partial charge in [0.1, 0.15) is 13.2 Å². The molecule has 0 aromatic rings. The molecule has 1 aliphatic heterocycles. The minimum absolute atomic E-state index is 0.869. The van der Waals surface area contributed by atoms with Gasteiger partial charge in [-0.05, 0) is 0 Å². The predicted octanol–water partition coefficient (Wildman–Crippen LogP) is 0.457. The van der Waals surface area contributed by atoms with Crippen LogP contribution in [0.25, 0.3) is 0 Å². The van der Waals surface area contributed by atoms with Gasteiger partial charge in [0.05, 0.1) is 20.2 Å². The Kier molecular flexibility index (Phi) is 3.30. The van der Waals surface area contributed by atoms with Crippen molar-refractivity contribution in [2.45, 2.75) is 6.42 Å². The summed E-state index contributed by atoms with van der Waals surface area (Å²) in [6, 6.07) is 0. The molecule has 1 rings (SSSR count). The molecule has 0 N–H and O–H groups in total. The van der Waals surface area contributed by atoms with E-state index in [1.54, 1.807) is 7.11 Å². The van der Waals surface area contributed by atoms with Crippen molar-refractivity contribution in [1.29, 1.82) is 0 Å². The minimum atomic E-state index is 0.869. The Bertz CT molecular complexity index is 111. The Labute approximate surface area is 68.5 Å². The Morgan fingerprint density at radius 3 is 2.91 bits per heavy atom. The lowest BCUT2D eigenvalue weighted by Crippen LogP contribution is -2.42. The first-order chi connectivity index (χ1) is 5.27. The highest BCUT2D eigenvalue weighted by atomic mass is 16.5. The molecule has 1 atom stereocenters. The molecule has 11 heavy (non-hydrogen) atoms. The molecule has 1 aliphatic rings. The van der Waals surface area contributed by atoms with E-state index in [0.717, 1.165) is 37.4 Å². The van der Waals surface area contributed by atoms with Crippen molar-refractivity contribution < 1.29 is 14.0 Å². The van der Waals surface area contributed by atoms with E-state index in [4.69, 9.17) is 9.47 Å². The molecule has 66 valence electrons. The molecule has 0 amide bonds. The van der Waals surface area contributed by atoms with Gasteiger partial charge in [0.25, 0.3) is 0 Å². The van der Waals surface area contributed by atoms with Crippen molar-refractivity contribution >= 4 is 0 Å². The van der Waals surface area contributed by atoms with E-state index in [0.29, 0.717) is 0 Å². The zero-order valence-corrected chi connectivity index (χ0v) is 7.51. The fraction of sp³-hybridized carbons (Fsp3) is 1.00. The van der Waals surface area contributed by atoms with Crippen molar-refractivity contribution in [1.82, 2.24) is 0 Å². The highest BCUT2D eigenvalue weighted by Gasteiger charge is 2.26. The summed E-state index contributed by atoms with van der Waals surface area (Å²) in [6.45, 7) is 5.00. The lowest BCUT2D eigenvalue weighted by Gasteiger charge is -2.26. The average molecular weight is 160 g/mol. The van der Waals surface area contributed by atoms with Crippen LogP contribution in [0.15, 0.2) is 0 Å². The van der Waals surface area contributed by atoms with E-state index in [2.05, 4.69) is 7.05 Å². The molecule has 3 heteroatoms. The second kappa shape index (κ2) is 4.04. The van der Waals surface area contributed by atoms with E-state index >= 15 is 0 Å². The van der Waals surface area contributed by atoms with Crippen LogP contribution in [-0.4, -0.2) is 51.7 Å². The first kappa shape index (κ1) is 8.97. The number of ether oxygens (including phenoxy) is 2. The molecule has 0 aliphatic carbocycles. The standard InChI is InChI=1S/C8H18NO2/c1-9(4-3-6-10-2)5-7-11-8-9/h3-8H2,1-2H3/q+1. The van der Waals surface area contributed by atoms with E-state index in [-0.39, 0.29) is 0 Å². The molecule has 1 heterocycles. The van der Waals surface area contributed by atoms with Gasteiger partial charge in [-0.3, -0.25) is 0 Å². The number of rotatable bonds is 4. The van der Waals surface area contributed by atoms with Crippen LogP contribution in [0.5, 0.6) is 0 Å². The third kappa shape index (κ3) is 2.77. The summed E-state index contributed by atoms with van der Waals surface area (Å²) in [4.78, 5) is 0. The summed E-state index contributed by atoms with van der Waals surface area (Å²) < 4.78 is 11.4. The Hall–Kier alpha value is -0.120. The third-order valence-corrected chi connectivity index (χ3v) is 2.22. The van der Waals surface area contributed by atoms with Gasteiger partial charge in [0.15, 0.2) is 6.73 Å². The smallest absolute Gasteiger partial charge is 0.183 e. The van der Waals surface area contributed by atoms with E-state index in [9.17, 15) is 0 Å². The zero-order chi connectivity index (χ0) is 8.16. The van der Waals surface area contributed by atoms with Crippen molar-refractivity contribution in [2.75, 3.05) is 47.2 Å². The topological polar surface area (TPSA) is 18.5 Å². The van der Waals surface area contributed by atoms with Crippen LogP contribution in [0.2, 0.25) is 0 Å². The third-order valence-electron chi connectivity index (χ3n) is 2.22. The molecule has 0 bridgehead atoms. The van der Waals surface area contributed by atoms with Gasteiger partial charge < -0.3 is 14.0 Å². The SMILES string of the molecule is COCCC[N+]1(C)CCOC1. The van der Waals surface area contributed by atoms with E-state index < -0.39 is 0 Å². The molecular weight excluding hydrogens is 142 g/mol. The number of hydrogen-bond acceptors (Lipinski definition) is 2. The van der Waals surface area contributed by atoms with Gasteiger partial charge in [0.2, 0.25) is 0 Å². The maximum atomic E-state index is 5.32. The molecule has 0 aromatic carbocycles. The number of methoxy groups -OCH3 is 1. The normalized spacial score (nSPS) is 31.1. The van der Waals surface area contributed by atoms with Gasteiger partial charge in [0, 0.05) is 13.5 Å². The number of likely N-dealkylation sites (N-methyl/N-ethyl adjacent to an activating group) is 1. The summed E-state index contributed by atoms with van der Waals surface area (Å²) in [7, 11) is 3.99. The summed E-state index contributed by atoms with van der Waals surface area (Å²) in [5, 5.41) is 0. The van der Waals surface area contributed by atoms with Gasteiger partial charge in [-0.2, -0.15) is 0 Å². The summed E-state index contributed by atoms with van der Waals surface area (Å²) >= 11 is 0. The van der Waals surface area contributed by atoms with Crippen LogP contribution in [0, 0.1) is 0 Å². The predicted molar refractivity (Wildman–Crippen MR) is 43.2 cm³/mol. The molecule has 1 unspecified atom stereocenters. The Balaban J connectivity index is 2.13. The highest BCUT2D eigenvalue weighted by molar-refractivity contribution is 4.42. The average Bonchev–Trinajstić information content (AvgIpc) is 2.38. The van der Waals surface area contributed by atoms with Gasteiger partial charge in [-0.25, -0.2) is 0 Å². The molecular formula is C8H18NO2+. The fourth-order valence-electron chi connectivity index (χ4n) is 1.40. The van der Waals surface area contributed by atoms with Crippen LogP contribution >= 0.6 is 0 Å². The first-order valence-corrected chi connectivity index (χ1v) is 4.17. The van der Waals surface area contributed by atoms with E-state index in [1.165, 1.54) is 6.54 Å². The molecule has 1 fully saturated rings. The largest absolute Gasteiger partial charge is 0.384 e. The number of nitrogens with zero attached hydrogens (tertiary/aromatic N) is 1. The van der Waals surface area contributed by atoms with Crippen LogP contribution in [-0.2, 0) is 9.47 Å². The minimum Gasteiger partial charge on any atom is -0.384 e. The van der Waals surface area contributed by atoms with Crippen molar-refractivity contribution in [2.24, 2.45) is 0 Å². The van der Waals surface area contributed by atoms with Gasteiger partial charge >= 0.3 is 0 Å². The first-order valence-electron chi connectivity index (χ1n) is 4.17. The quantitative estimate of drug-likeness (QED) is 0.439. The molecule has 0 radical (unpaired) electrons. The Morgan fingerprint density at radius 1 is 1.55 bits per heavy atom. The van der Waals surface area contributed by atoms with Crippen LogP contribution in [0.4, 0.5) is 0 Å². The molecule has 0 spiro atoms. The lowest BCUT2D eigenvalue weighted by molar-refractivity contribution is -0.906. The van der Waals surface area contributed by atoms with Crippen molar-refractivity contribution in [3.63, 3.8) is 0 Å². The second-order valence-electron chi connectivity index (χ2n) is 3.45. The zero-order valence-electron chi connectivity index (χ0n) is 7.51. The monoisotopic (exact) mass is 160 g/mol. The number of quaternary nitrogens is 1. The van der Waals surface area contributed by atoms with Crippen molar-refractivity contribution in [3.8, 4) is 0 Å². The van der Waals surface area contributed by atoms with Crippen LogP contribution in [0.1, 0.15) is 6.42 Å². The molecule has 0 aromatic heterocycles. The van der Waals surface area contributed by atoms with Gasteiger partial charge in [-0.1, -0.05) is 0 Å². The Morgan fingerprint density at radius 2 is 2.36 bits per heavy atom. The van der Waals surface area contributed by atoms with Crippen LogP contribution < -0.4 is 0 Å². The fourth-order valence-corrected chi connectivity index (χ4v) is 1.40. The maximum absolute atomic E-state index is 5.32. The second-order valence-corrected chi connectivity index (χ2v) is 3.45. The van der Waals surface area contributed by atoms with Gasteiger partial charge in [-0.15, -0.1) is 0 Å². The highest BCUT2D eigenvalue weighted by Crippen LogP contribution is 2.10. The van der Waals surface area contributed by atoms with Crippen molar-refractivity contribution in [3.05, 3.63) is 0 Å². The molecule has 3 nitrogen and oxygen atoms in total. The summed E-state index contributed by atoms with van der Waals surface area (Å²) in [5.74, 6) is 0. The number of hydrogen-bond donors (Lipinski definition) is 0.